The van der Waals surface area contributed by atoms with Gasteiger partial charge < -0.3 is 4.90 Å². The van der Waals surface area contributed by atoms with Crippen molar-refractivity contribution < 1.29 is 19.2 Å². The van der Waals surface area contributed by atoms with Crippen LogP contribution in [0.1, 0.15) is 81.5 Å². The van der Waals surface area contributed by atoms with E-state index in [0.717, 1.165) is 47.8 Å². The largest absolute Gasteiger partial charge is 0.371 e. The second-order valence-electron chi connectivity index (χ2n) is 12.9. The normalized spacial score (nSPS) is 18.0. The number of benzene rings is 4. The molecule has 4 heterocycles. The van der Waals surface area contributed by atoms with Gasteiger partial charge in [-0.2, -0.15) is 0 Å². The number of pyridine rings is 1. The van der Waals surface area contributed by atoms with Gasteiger partial charge in [0.2, 0.25) is 0 Å². The molecule has 1 saturated heterocycles. The third-order valence-corrected chi connectivity index (χ3v) is 10.1. The Morgan fingerprint density at radius 3 is 2.02 bits per heavy atom. The summed E-state index contributed by atoms with van der Waals surface area (Å²) in [7, 11) is 0. The van der Waals surface area contributed by atoms with Gasteiger partial charge >= 0.3 is 0 Å². The predicted octanol–water partition coefficient (Wildman–Crippen LogP) is 5.64. The van der Waals surface area contributed by atoms with Crippen molar-refractivity contribution >= 4 is 61.6 Å². The number of anilines is 1. The monoisotopic (exact) mass is 640 g/mol. The van der Waals surface area contributed by atoms with Crippen LogP contribution in [0.2, 0.25) is 0 Å². The summed E-state index contributed by atoms with van der Waals surface area (Å²) < 4.78 is 0. The van der Waals surface area contributed by atoms with Crippen LogP contribution in [-0.2, 0) is 0 Å². The summed E-state index contributed by atoms with van der Waals surface area (Å²) in [5.41, 5.74) is 2.98. The first-order valence-corrected chi connectivity index (χ1v) is 16.7. The van der Waals surface area contributed by atoms with Crippen molar-refractivity contribution in [2.45, 2.75) is 58.5 Å². The van der Waals surface area contributed by atoms with Gasteiger partial charge in [0.25, 0.3) is 23.6 Å². The number of hydrogen-bond donors (Lipinski definition) is 2. The fourth-order valence-electron chi connectivity index (χ4n) is 7.81. The third kappa shape index (κ3) is 4.51. The molecule has 242 valence electrons. The average molecular weight is 641 g/mol. The van der Waals surface area contributed by atoms with Crippen molar-refractivity contribution in [3.05, 3.63) is 95.3 Å². The van der Waals surface area contributed by atoms with E-state index in [2.05, 4.69) is 20.5 Å². The molecule has 3 unspecified atom stereocenters. The fourth-order valence-corrected chi connectivity index (χ4v) is 7.81. The molecule has 3 atom stereocenters. The minimum absolute atomic E-state index is 0.355. The lowest BCUT2D eigenvalue weighted by atomic mass is 9.90. The zero-order valence-electron chi connectivity index (χ0n) is 27.1. The highest BCUT2D eigenvalue weighted by molar-refractivity contribution is 6.30. The number of carbonyl (C=O) groups excluding carboxylic acids is 4. The molecular weight excluding hydrogens is 604 g/mol. The standard InChI is InChI=1S/C38H36N6O4/c1-4-31(41-22(3)44-35(45)26-11-7-9-24-19-23-15-16-39-20-29(23)34(32(24)26)38(44)48)40-21(2)43-36(46)27-12-8-10-25-30(42-17-5-6-18-42)14-13-28(33(25)27)37(43)47/h7-16,19-22,31,40-41H,4-6,17-18H2,1-3H3. The first kappa shape index (κ1) is 30.2. The van der Waals surface area contributed by atoms with E-state index >= 15 is 0 Å². The van der Waals surface area contributed by atoms with Crippen LogP contribution in [0.25, 0.3) is 32.3 Å². The van der Waals surface area contributed by atoms with Crippen molar-refractivity contribution in [1.29, 1.82) is 0 Å². The summed E-state index contributed by atoms with van der Waals surface area (Å²) >= 11 is 0. The topological polar surface area (TPSA) is 115 Å². The van der Waals surface area contributed by atoms with Gasteiger partial charge in [0.05, 0.1) is 24.1 Å². The second kappa shape index (κ2) is 11.5. The zero-order valence-corrected chi connectivity index (χ0v) is 27.1. The first-order chi connectivity index (χ1) is 23.3. The summed E-state index contributed by atoms with van der Waals surface area (Å²) in [5, 5.41) is 11.4. The molecule has 0 saturated carbocycles. The van der Waals surface area contributed by atoms with Gasteiger partial charge in [0, 0.05) is 69.4 Å². The van der Waals surface area contributed by atoms with E-state index in [4.69, 9.17) is 0 Å². The number of nitrogens with one attached hydrogen (secondary N) is 2. The van der Waals surface area contributed by atoms with Crippen LogP contribution >= 0.6 is 0 Å². The molecule has 1 aromatic heterocycles. The Bertz CT molecular complexity index is 2170. The Balaban J connectivity index is 1.05. The van der Waals surface area contributed by atoms with Gasteiger partial charge in [-0.3, -0.25) is 44.6 Å². The van der Waals surface area contributed by atoms with E-state index in [-0.39, 0.29) is 17.7 Å². The van der Waals surface area contributed by atoms with Crippen LogP contribution in [0.4, 0.5) is 5.69 Å². The third-order valence-electron chi connectivity index (χ3n) is 10.1. The van der Waals surface area contributed by atoms with Gasteiger partial charge in [-0.05, 0) is 80.3 Å². The minimum Gasteiger partial charge on any atom is -0.371 e. The Morgan fingerprint density at radius 2 is 1.33 bits per heavy atom. The van der Waals surface area contributed by atoms with E-state index in [1.54, 1.807) is 38.4 Å². The highest BCUT2D eigenvalue weighted by atomic mass is 16.2. The number of nitrogens with zero attached hydrogens (tertiary/aromatic N) is 4. The van der Waals surface area contributed by atoms with E-state index in [0.29, 0.717) is 44.8 Å². The van der Waals surface area contributed by atoms with Crippen LogP contribution in [0.3, 0.4) is 0 Å². The number of carbonyl (C=O) groups is 4. The molecule has 2 N–H and O–H groups in total. The maximum atomic E-state index is 14.1. The zero-order chi connectivity index (χ0) is 33.3. The molecular formula is C38H36N6O4. The van der Waals surface area contributed by atoms with E-state index in [1.165, 1.54) is 9.80 Å². The molecule has 10 heteroatoms. The Labute approximate surface area is 277 Å². The molecule has 4 aromatic carbocycles. The highest BCUT2D eigenvalue weighted by Gasteiger charge is 2.40. The molecule has 3 aliphatic heterocycles. The van der Waals surface area contributed by atoms with Crippen LogP contribution < -0.4 is 15.5 Å². The summed E-state index contributed by atoms with van der Waals surface area (Å²) in [6.45, 7) is 7.42. The van der Waals surface area contributed by atoms with Gasteiger partial charge in [-0.1, -0.05) is 31.2 Å². The van der Waals surface area contributed by atoms with Gasteiger partial charge in [0.1, 0.15) is 0 Å². The lowest BCUT2D eigenvalue weighted by Crippen LogP contribution is -2.61. The van der Waals surface area contributed by atoms with Gasteiger partial charge in [-0.25, -0.2) is 0 Å². The van der Waals surface area contributed by atoms with Crippen molar-refractivity contribution in [2.24, 2.45) is 0 Å². The number of hydrogen-bond acceptors (Lipinski definition) is 8. The molecule has 0 spiro atoms. The smallest absolute Gasteiger partial charge is 0.263 e. The Kier molecular flexibility index (Phi) is 7.23. The molecule has 4 amide bonds. The van der Waals surface area contributed by atoms with Crippen LogP contribution in [0.15, 0.2) is 73.1 Å². The molecule has 3 aliphatic rings. The summed E-state index contributed by atoms with van der Waals surface area (Å²) in [6, 6.07) is 18.8. The maximum absolute atomic E-state index is 14.1. The van der Waals surface area contributed by atoms with Crippen molar-refractivity contribution in [3.63, 3.8) is 0 Å². The summed E-state index contributed by atoms with van der Waals surface area (Å²) in [5.74, 6) is -1.49. The van der Waals surface area contributed by atoms with Crippen LogP contribution in [-0.4, -0.2) is 70.0 Å². The Morgan fingerprint density at radius 1 is 0.708 bits per heavy atom. The molecule has 0 aliphatic carbocycles. The average Bonchev–Trinajstić information content (AvgIpc) is 3.63. The van der Waals surface area contributed by atoms with Crippen molar-refractivity contribution in [3.8, 4) is 0 Å². The molecule has 48 heavy (non-hydrogen) atoms. The highest BCUT2D eigenvalue weighted by Crippen LogP contribution is 2.38. The van der Waals surface area contributed by atoms with Crippen LogP contribution in [0, 0.1) is 0 Å². The molecule has 0 bridgehead atoms. The number of amides is 4. The van der Waals surface area contributed by atoms with E-state index in [1.807, 2.05) is 55.5 Å². The Hall–Kier alpha value is -5.19. The molecule has 8 rings (SSSR count). The van der Waals surface area contributed by atoms with E-state index < -0.39 is 24.4 Å². The molecule has 0 radical (unpaired) electrons. The first-order valence-electron chi connectivity index (χ1n) is 16.7. The van der Waals surface area contributed by atoms with Gasteiger partial charge in [-0.15, -0.1) is 0 Å². The quantitative estimate of drug-likeness (QED) is 0.127. The van der Waals surface area contributed by atoms with E-state index in [9.17, 15) is 19.2 Å². The number of imide groups is 2. The number of rotatable bonds is 8. The minimum atomic E-state index is -0.712. The van der Waals surface area contributed by atoms with Crippen LogP contribution in [0.5, 0.6) is 0 Å². The van der Waals surface area contributed by atoms with Crippen molar-refractivity contribution in [1.82, 2.24) is 25.4 Å². The van der Waals surface area contributed by atoms with Crippen molar-refractivity contribution in [2.75, 3.05) is 18.0 Å². The fraction of sp³-hybridized carbons (Fsp3) is 0.289. The lowest BCUT2D eigenvalue weighted by molar-refractivity contribution is 0.0473. The number of aromatic nitrogens is 1. The SMILES string of the molecule is CCC(NC(C)N1C(=O)c2cccc3cc4ccncc4c(c23)C1=O)NC(C)N1C(=O)c2cccc3c(N4CCCC4)ccc(c23)C1=O. The summed E-state index contributed by atoms with van der Waals surface area (Å²) in [4.78, 5) is 65.0. The predicted molar refractivity (Wildman–Crippen MR) is 185 cm³/mol. The molecule has 1 fully saturated rings. The summed E-state index contributed by atoms with van der Waals surface area (Å²) in [6.07, 6.45) is 4.31. The molecule has 5 aromatic rings. The second-order valence-corrected chi connectivity index (χ2v) is 12.9. The number of fused-ring (bicyclic) bond motifs is 2. The lowest BCUT2D eigenvalue weighted by Gasteiger charge is -2.38. The van der Waals surface area contributed by atoms with Gasteiger partial charge in [0.15, 0.2) is 0 Å². The molecule has 10 nitrogen and oxygen atoms in total. The maximum Gasteiger partial charge on any atom is 0.263 e.